The van der Waals surface area contributed by atoms with Crippen molar-refractivity contribution in [3.8, 4) is 17.2 Å². The smallest absolute Gasteiger partial charge is 0.191 e. The van der Waals surface area contributed by atoms with E-state index in [9.17, 15) is 0 Å². The van der Waals surface area contributed by atoms with Crippen molar-refractivity contribution >= 4 is 29.9 Å². The number of hydrogen-bond acceptors (Lipinski definition) is 4. The molecule has 2 aromatic carbocycles. The molecule has 1 atom stereocenters. The van der Waals surface area contributed by atoms with Crippen LogP contribution in [0.2, 0.25) is 0 Å². The van der Waals surface area contributed by atoms with Gasteiger partial charge in [0.05, 0.1) is 25.5 Å². The molecule has 0 radical (unpaired) electrons. The third-order valence-corrected chi connectivity index (χ3v) is 4.61. The number of hydrogen-bond donors (Lipinski definition) is 2. The van der Waals surface area contributed by atoms with Crippen molar-refractivity contribution in [3.05, 3.63) is 72.6 Å². The first-order valence-corrected chi connectivity index (χ1v) is 10.6. The van der Waals surface area contributed by atoms with Crippen molar-refractivity contribution in [1.82, 2.24) is 20.4 Å². The van der Waals surface area contributed by atoms with Crippen LogP contribution in [0.15, 0.2) is 72.0 Å². The zero-order valence-corrected chi connectivity index (χ0v) is 21.2. The summed E-state index contributed by atoms with van der Waals surface area (Å²) in [7, 11) is 1.64. The van der Waals surface area contributed by atoms with Gasteiger partial charge >= 0.3 is 0 Å². The lowest BCUT2D eigenvalue weighted by Gasteiger charge is -2.16. The average molecular weight is 549 g/mol. The Morgan fingerprint density at radius 3 is 2.50 bits per heavy atom. The summed E-state index contributed by atoms with van der Waals surface area (Å²) in [5.41, 5.74) is 2.22. The van der Waals surface area contributed by atoms with Gasteiger partial charge in [0.15, 0.2) is 17.5 Å². The van der Waals surface area contributed by atoms with Crippen LogP contribution in [-0.2, 0) is 6.42 Å². The topological polar surface area (TPSA) is 72.7 Å². The van der Waals surface area contributed by atoms with E-state index < -0.39 is 0 Å². The van der Waals surface area contributed by atoms with E-state index in [1.165, 1.54) is 5.56 Å². The summed E-state index contributed by atoms with van der Waals surface area (Å²) in [5.74, 6) is 2.22. The highest BCUT2D eigenvalue weighted by molar-refractivity contribution is 14.0. The van der Waals surface area contributed by atoms with Gasteiger partial charge in [-0.2, -0.15) is 5.10 Å². The van der Waals surface area contributed by atoms with Gasteiger partial charge in [-0.15, -0.1) is 24.0 Å². The highest BCUT2D eigenvalue weighted by Gasteiger charge is 2.09. The van der Waals surface area contributed by atoms with Gasteiger partial charge in [-0.1, -0.05) is 30.3 Å². The first-order valence-electron chi connectivity index (χ1n) is 10.6. The van der Waals surface area contributed by atoms with E-state index in [2.05, 4.69) is 33.8 Å². The van der Waals surface area contributed by atoms with Gasteiger partial charge in [0, 0.05) is 19.3 Å². The Balaban J connectivity index is 0.00000363. The minimum absolute atomic E-state index is 0. The average Bonchev–Trinajstić information content (AvgIpc) is 3.27. The number of benzene rings is 2. The molecule has 2 N–H and O–H groups in total. The molecular formula is C24H32IN5O2. The van der Waals surface area contributed by atoms with Gasteiger partial charge in [0.1, 0.15) is 6.10 Å². The van der Waals surface area contributed by atoms with Crippen molar-refractivity contribution in [3.63, 3.8) is 0 Å². The molecule has 172 valence electrons. The number of nitrogens with one attached hydrogen (secondary N) is 2. The first kappa shape index (κ1) is 25.5. The second-order valence-corrected chi connectivity index (χ2v) is 7.10. The fourth-order valence-electron chi connectivity index (χ4n) is 3.07. The maximum Gasteiger partial charge on any atom is 0.191 e. The number of rotatable bonds is 10. The number of guanidine groups is 1. The van der Waals surface area contributed by atoms with Gasteiger partial charge in [-0.05, 0) is 50.1 Å². The third-order valence-electron chi connectivity index (χ3n) is 4.61. The van der Waals surface area contributed by atoms with Crippen LogP contribution in [-0.4, -0.2) is 48.6 Å². The van der Waals surface area contributed by atoms with Crippen LogP contribution in [0.1, 0.15) is 19.4 Å². The quantitative estimate of drug-likeness (QED) is 0.227. The number of halogens is 1. The Labute approximate surface area is 207 Å². The zero-order chi connectivity index (χ0) is 21.9. The van der Waals surface area contributed by atoms with E-state index in [-0.39, 0.29) is 30.1 Å². The molecule has 8 heteroatoms. The molecule has 1 aromatic heterocycles. The molecule has 7 nitrogen and oxygen atoms in total. The summed E-state index contributed by atoms with van der Waals surface area (Å²) in [4.78, 5) is 4.66. The molecule has 0 fully saturated rings. The van der Waals surface area contributed by atoms with Crippen molar-refractivity contribution in [2.45, 2.75) is 26.4 Å². The Morgan fingerprint density at radius 1 is 1.06 bits per heavy atom. The highest BCUT2D eigenvalue weighted by atomic mass is 127. The van der Waals surface area contributed by atoms with E-state index in [4.69, 9.17) is 9.47 Å². The standard InChI is InChI=1S/C24H31N5O2.HI/c1-4-25-24(27-16-19(2)31-23-13-9-8-12-22(23)30-3)26-15-14-20-17-28-29(18-20)21-10-6-5-7-11-21;/h5-13,17-19H,4,14-16H2,1-3H3,(H2,25,26,27);1H. The molecule has 0 aliphatic heterocycles. The maximum atomic E-state index is 5.98. The zero-order valence-electron chi connectivity index (χ0n) is 18.8. The summed E-state index contributed by atoms with van der Waals surface area (Å²) in [6, 6.07) is 17.7. The SMILES string of the molecule is CCNC(=NCC(C)Oc1ccccc1OC)NCCc1cnn(-c2ccccc2)c1.I. The summed E-state index contributed by atoms with van der Waals surface area (Å²) >= 11 is 0. The second-order valence-electron chi connectivity index (χ2n) is 7.10. The van der Waals surface area contributed by atoms with Crippen molar-refractivity contribution < 1.29 is 9.47 Å². The van der Waals surface area contributed by atoms with Gasteiger partial charge in [0.25, 0.3) is 0 Å². The summed E-state index contributed by atoms with van der Waals surface area (Å²) in [5, 5.41) is 11.1. The Hall–Kier alpha value is -2.75. The van der Waals surface area contributed by atoms with E-state index in [0.717, 1.165) is 42.7 Å². The molecule has 0 saturated heterocycles. The molecule has 32 heavy (non-hydrogen) atoms. The minimum atomic E-state index is -0.0872. The van der Waals surface area contributed by atoms with Crippen LogP contribution in [0.4, 0.5) is 0 Å². The predicted octanol–water partition coefficient (Wildman–Crippen LogP) is 4.06. The van der Waals surface area contributed by atoms with Crippen LogP contribution in [0, 0.1) is 0 Å². The van der Waals surface area contributed by atoms with Gasteiger partial charge in [0.2, 0.25) is 0 Å². The Morgan fingerprint density at radius 2 is 1.78 bits per heavy atom. The number of ether oxygens (including phenoxy) is 2. The fourth-order valence-corrected chi connectivity index (χ4v) is 3.07. The molecule has 0 aliphatic carbocycles. The first-order chi connectivity index (χ1) is 15.2. The number of nitrogens with zero attached hydrogens (tertiary/aromatic N) is 3. The Kier molecular flexibility index (Phi) is 10.9. The van der Waals surface area contributed by atoms with Crippen molar-refractivity contribution in [2.24, 2.45) is 4.99 Å². The summed E-state index contributed by atoms with van der Waals surface area (Å²) in [6.07, 6.45) is 4.73. The molecule has 3 rings (SSSR count). The van der Waals surface area contributed by atoms with Crippen LogP contribution in [0.3, 0.4) is 0 Å². The molecule has 0 spiro atoms. The third kappa shape index (κ3) is 7.74. The molecule has 0 aliphatic rings. The second kappa shape index (κ2) is 13.6. The monoisotopic (exact) mass is 549 g/mol. The van der Waals surface area contributed by atoms with Crippen LogP contribution < -0.4 is 20.1 Å². The number of aliphatic imine (C=N–C) groups is 1. The number of para-hydroxylation sites is 3. The lowest BCUT2D eigenvalue weighted by Crippen LogP contribution is -2.39. The fraction of sp³-hybridized carbons (Fsp3) is 0.333. The van der Waals surface area contributed by atoms with Crippen LogP contribution >= 0.6 is 24.0 Å². The molecule has 0 bridgehead atoms. The van der Waals surface area contributed by atoms with Gasteiger partial charge in [-0.3, -0.25) is 0 Å². The normalized spacial score (nSPS) is 11.9. The van der Waals surface area contributed by atoms with E-state index >= 15 is 0 Å². The van der Waals surface area contributed by atoms with E-state index in [0.29, 0.717) is 6.54 Å². The number of methoxy groups -OCH3 is 1. The van der Waals surface area contributed by atoms with Crippen LogP contribution in [0.5, 0.6) is 11.5 Å². The van der Waals surface area contributed by atoms with Gasteiger partial charge < -0.3 is 20.1 Å². The van der Waals surface area contributed by atoms with Crippen molar-refractivity contribution in [2.75, 3.05) is 26.7 Å². The molecule has 3 aromatic rings. The summed E-state index contributed by atoms with van der Waals surface area (Å²) in [6.45, 7) is 6.13. The molecule has 0 saturated carbocycles. The minimum Gasteiger partial charge on any atom is -0.493 e. The van der Waals surface area contributed by atoms with Crippen molar-refractivity contribution in [1.29, 1.82) is 0 Å². The van der Waals surface area contributed by atoms with E-state index in [1.807, 2.05) is 72.4 Å². The highest BCUT2D eigenvalue weighted by Crippen LogP contribution is 2.26. The molecular weight excluding hydrogens is 517 g/mol. The largest absolute Gasteiger partial charge is 0.493 e. The predicted molar refractivity (Wildman–Crippen MR) is 140 cm³/mol. The lowest BCUT2D eigenvalue weighted by molar-refractivity contribution is 0.219. The molecule has 1 unspecified atom stereocenters. The lowest BCUT2D eigenvalue weighted by atomic mass is 10.2. The van der Waals surface area contributed by atoms with Gasteiger partial charge in [-0.25, -0.2) is 9.67 Å². The summed E-state index contributed by atoms with van der Waals surface area (Å²) < 4.78 is 13.2. The van der Waals surface area contributed by atoms with E-state index in [1.54, 1.807) is 7.11 Å². The number of aromatic nitrogens is 2. The van der Waals surface area contributed by atoms with Crippen LogP contribution in [0.25, 0.3) is 5.69 Å². The Bertz CT molecular complexity index is 962. The molecule has 1 heterocycles. The molecule has 0 amide bonds. The maximum absolute atomic E-state index is 5.98.